The Kier molecular flexibility index (Phi) is 5.36. The molecular formula is C14H22N2S. The van der Waals surface area contributed by atoms with Crippen LogP contribution >= 0.6 is 11.8 Å². The van der Waals surface area contributed by atoms with Gasteiger partial charge >= 0.3 is 0 Å². The maximum Gasteiger partial charge on any atom is 0.0218 e. The fourth-order valence-electron chi connectivity index (χ4n) is 2.42. The van der Waals surface area contributed by atoms with Crippen molar-refractivity contribution in [1.82, 2.24) is 4.90 Å². The molecule has 0 saturated carbocycles. The first kappa shape index (κ1) is 12.9. The van der Waals surface area contributed by atoms with E-state index in [0.717, 1.165) is 6.54 Å². The van der Waals surface area contributed by atoms with E-state index in [2.05, 4.69) is 35.2 Å². The van der Waals surface area contributed by atoms with Gasteiger partial charge in [-0.15, -0.1) is 11.8 Å². The summed E-state index contributed by atoms with van der Waals surface area (Å²) in [5.74, 6) is 1.17. The summed E-state index contributed by atoms with van der Waals surface area (Å²) in [7, 11) is 0. The zero-order chi connectivity index (χ0) is 11.9. The fraction of sp³-hybridized carbons (Fsp3) is 0.571. The first-order chi connectivity index (χ1) is 8.40. The third kappa shape index (κ3) is 4.02. The van der Waals surface area contributed by atoms with Crippen LogP contribution in [0.4, 0.5) is 0 Å². The van der Waals surface area contributed by atoms with Gasteiger partial charge in [-0.2, -0.15) is 0 Å². The molecule has 2 rings (SSSR count). The predicted octanol–water partition coefficient (Wildman–Crippen LogP) is 2.59. The standard InChI is InChI=1S/C14H22N2S/c15-12-13-6-4-5-9-16(13)10-11-17-14-7-2-1-3-8-14/h1-3,7-8,13H,4-6,9-12,15H2. The van der Waals surface area contributed by atoms with Crippen molar-refractivity contribution in [3.8, 4) is 0 Å². The normalized spacial score (nSPS) is 21.6. The van der Waals surface area contributed by atoms with Crippen molar-refractivity contribution in [3.05, 3.63) is 30.3 Å². The number of rotatable bonds is 5. The van der Waals surface area contributed by atoms with Crippen molar-refractivity contribution in [2.45, 2.75) is 30.2 Å². The zero-order valence-corrected chi connectivity index (χ0v) is 11.2. The molecule has 17 heavy (non-hydrogen) atoms. The molecule has 2 N–H and O–H groups in total. The van der Waals surface area contributed by atoms with Crippen LogP contribution in [0.1, 0.15) is 19.3 Å². The maximum absolute atomic E-state index is 5.83. The van der Waals surface area contributed by atoms with Crippen molar-refractivity contribution < 1.29 is 0 Å². The molecule has 1 aliphatic heterocycles. The van der Waals surface area contributed by atoms with Gasteiger partial charge in [0.1, 0.15) is 0 Å². The molecule has 0 aliphatic carbocycles. The Labute approximate surface area is 109 Å². The third-order valence-corrected chi connectivity index (χ3v) is 4.40. The van der Waals surface area contributed by atoms with Crippen LogP contribution in [0, 0.1) is 0 Å². The van der Waals surface area contributed by atoms with Crippen LogP contribution in [0.5, 0.6) is 0 Å². The summed E-state index contributed by atoms with van der Waals surface area (Å²) in [5.41, 5.74) is 5.83. The number of nitrogens with zero attached hydrogens (tertiary/aromatic N) is 1. The van der Waals surface area contributed by atoms with Gasteiger partial charge in [0.05, 0.1) is 0 Å². The SMILES string of the molecule is NCC1CCCCN1CCSc1ccccc1. The first-order valence-electron chi connectivity index (χ1n) is 6.52. The van der Waals surface area contributed by atoms with Gasteiger partial charge < -0.3 is 5.73 Å². The minimum Gasteiger partial charge on any atom is -0.329 e. The summed E-state index contributed by atoms with van der Waals surface area (Å²) in [6.07, 6.45) is 3.98. The minimum absolute atomic E-state index is 0.625. The number of hydrogen-bond acceptors (Lipinski definition) is 3. The van der Waals surface area contributed by atoms with Crippen LogP contribution in [-0.2, 0) is 0 Å². The van der Waals surface area contributed by atoms with E-state index < -0.39 is 0 Å². The Hall–Kier alpha value is -0.510. The van der Waals surface area contributed by atoms with Crippen LogP contribution in [-0.4, -0.2) is 36.3 Å². The molecule has 1 saturated heterocycles. The van der Waals surface area contributed by atoms with Crippen LogP contribution < -0.4 is 5.73 Å². The Morgan fingerprint density at radius 2 is 2.06 bits per heavy atom. The van der Waals surface area contributed by atoms with E-state index in [4.69, 9.17) is 5.73 Å². The Bertz CT molecular complexity index is 315. The van der Waals surface area contributed by atoms with E-state index in [1.165, 1.54) is 43.0 Å². The minimum atomic E-state index is 0.625. The van der Waals surface area contributed by atoms with Gasteiger partial charge in [0, 0.05) is 29.8 Å². The summed E-state index contributed by atoms with van der Waals surface area (Å²) >= 11 is 1.94. The van der Waals surface area contributed by atoms with Gasteiger partial charge in [-0.25, -0.2) is 0 Å². The van der Waals surface area contributed by atoms with Crippen molar-refractivity contribution in [2.24, 2.45) is 5.73 Å². The number of likely N-dealkylation sites (tertiary alicyclic amines) is 1. The highest BCUT2D eigenvalue weighted by Gasteiger charge is 2.20. The highest BCUT2D eigenvalue weighted by molar-refractivity contribution is 7.99. The summed E-state index contributed by atoms with van der Waals surface area (Å²) in [5, 5.41) is 0. The first-order valence-corrected chi connectivity index (χ1v) is 7.50. The third-order valence-electron chi connectivity index (χ3n) is 3.41. The van der Waals surface area contributed by atoms with Crippen molar-refractivity contribution >= 4 is 11.8 Å². The lowest BCUT2D eigenvalue weighted by Crippen LogP contribution is -2.44. The molecular weight excluding hydrogens is 228 g/mol. The fourth-order valence-corrected chi connectivity index (χ4v) is 3.33. The molecule has 1 heterocycles. The van der Waals surface area contributed by atoms with Crippen LogP contribution in [0.25, 0.3) is 0 Å². The molecule has 0 amide bonds. The average Bonchev–Trinajstić information content (AvgIpc) is 2.40. The molecule has 0 aromatic heterocycles. The van der Waals surface area contributed by atoms with E-state index in [1.54, 1.807) is 0 Å². The van der Waals surface area contributed by atoms with Crippen molar-refractivity contribution in [3.63, 3.8) is 0 Å². The van der Waals surface area contributed by atoms with E-state index in [-0.39, 0.29) is 0 Å². The highest BCUT2D eigenvalue weighted by atomic mass is 32.2. The molecule has 1 fully saturated rings. The van der Waals surface area contributed by atoms with Gasteiger partial charge in [0.25, 0.3) is 0 Å². The number of piperidine rings is 1. The van der Waals surface area contributed by atoms with E-state index in [9.17, 15) is 0 Å². The summed E-state index contributed by atoms with van der Waals surface area (Å²) < 4.78 is 0. The molecule has 1 aromatic carbocycles. The summed E-state index contributed by atoms with van der Waals surface area (Å²) in [6, 6.07) is 11.3. The molecule has 0 radical (unpaired) electrons. The van der Waals surface area contributed by atoms with Gasteiger partial charge in [0.2, 0.25) is 0 Å². The quantitative estimate of drug-likeness (QED) is 0.815. The molecule has 1 unspecified atom stereocenters. The number of hydrogen-bond donors (Lipinski definition) is 1. The molecule has 3 heteroatoms. The number of nitrogens with two attached hydrogens (primary N) is 1. The largest absolute Gasteiger partial charge is 0.329 e. The smallest absolute Gasteiger partial charge is 0.0218 e. The van der Waals surface area contributed by atoms with Crippen molar-refractivity contribution in [1.29, 1.82) is 0 Å². The Morgan fingerprint density at radius 3 is 2.82 bits per heavy atom. The second-order valence-corrected chi connectivity index (χ2v) is 5.75. The van der Waals surface area contributed by atoms with Crippen LogP contribution in [0.15, 0.2) is 35.2 Å². The van der Waals surface area contributed by atoms with Gasteiger partial charge in [-0.1, -0.05) is 24.6 Å². The molecule has 1 atom stereocenters. The van der Waals surface area contributed by atoms with E-state index in [1.807, 2.05) is 11.8 Å². The van der Waals surface area contributed by atoms with Gasteiger partial charge in [0.15, 0.2) is 0 Å². The topological polar surface area (TPSA) is 29.3 Å². The van der Waals surface area contributed by atoms with E-state index >= 15 is 0 Å². The highest BCUT2D eigenvalue weighted by Crippen LogP contribution is 2.20. The summed E-state index contributed by atoms with van der Waals surface area (Å²) in [6.45, 7) is 3.22. The average molecular weight is 250 g/mol. The monoisotopic (exact) mass is 250 g/mol. The van der Waals surface area contributed by atoms with Crippen molar-refractivity contribution in [2.75, 3.05) is 25.4 Å². The van der Waals surface area contributed by atoms with E-state index in [0.29, 0.717) is 6.04 Å². The van der Waals surface area contributed by atoms with Crippen LogP contribution in [0.3, 0.4) is 0 Å². The second kappa shape index (κ2) is 7.04. The zero-order valence-electron chi connectivity index (χ0n) is 10.3. The Balaban J connectivity index is 1.74. The molecule has 94 valence electrons. The van der Waals surface area contributed by atoms with Gasteiger partial charge in [-0.3, -0.25) is 4.90 Å². The molecule has 1 aliphatic rings. The lowest BCUT2D eigenvalue weighted by Gasteiger charge is -2.34. The second-order valence-electron chi connectivity index (χ2n) is 4.58. The lowest BCUT2D eigenvalue weighted by molar-refractivity contribution is 0.163. The molecule has 0 spiro atoms. The van der Waals surface area contributed by atoms with Crippen LogP contribution in [0.2, 0.25) is 0 Å². The summed E-state index contributed by atoms with van der Waals surface area (Å²) in [4.78, 5) is 3.94. The lowest BCUT2D eigenvalue weighted by atomic mass is 10.0. The molecule has 1 aromatic rings. The maximum atomic E-state index is 5.83. The molecule has 2 nitrogen and oxygen atoms in total. The Morgan fingerprint density at radius 1 is 1.24 bits per heavy atom. The number of benzene rings is 1. The molecule has 0 bridgehead atoms. The number of thioether (sulfide) groups is 1. The van der Waals surface area contributed by atoms with Gasteiger partial charge in [-0.05, 0) is 31.5 Å². The predicted molar refractivity (Wildman–Crippen MR) is 75.4 cm³/mol.